The van der Waals surface area contributed by atoms with Gasteiger partial charge < -0.3 is 5.32 Å². The monoisotopic (exact) mass is 285 g/mol. The van der Waals surface area contributed by atoms with Crippen molar-refractivity contribution in [2.45, 2.75) is 0 Å². The molecule has 0 unspecified atom stereocenters. The molecular weight excluding hydrogens is 278 g/mol. The Balaban J connectivity index is 2.39. The van der Waals surface area contributed by atoms with Gasteiger partial charge in [0.2, 0.25) is 0 Å². The van der Waals surface area contributed by atoms with Gasteiger partial charge in [-0.3, -0.25) is 15.0 Å². The zero-order valence-corrected chi connectivity index (χ0v) is 9.73. The summed E-state index contributed by atoms with van der Waals surface area (Å²) in [5.41, 5.74) is 0.488. The van der Waals surface area contributed by atoms with Crippen molar-refractivity contribution < 1.29 is 9.72 Å². The number of halogens is 1. The number of urea groups is 1. The predicted octanol–water partition coefficient (Wildman–Crippen LogP) is 1.89. The lowest BCUT2D eigenvalue weighted by Gasteiger charge is -2.13. The maximum absolute atomic E-state index is 11.4. The molecule has 1 N–H and O–H groups in total. The third-order valence-corrected chi connectivity index (χ3v) is 2.97. The average Bonchev–Trinajstić information content (AvgIpc) is 2.65. The molecule has 0 aliphatic carbocycles. The maximum Gasteiger partial charge on any atom is 0.322 e. The van der Waals surface area contributed by atoms with Crippen LogP contribution in [0.5, 0.6) is 0 Å². The van der Waals surface area contributed by atoms with Crippen LogP contribution in [0, 0.1) is 10.1 Å². The number of hydrogen-bond donors (Lipinski definition) is 1. The van der Waals surface area contributed by atoms with Crippen LogP contribution in [0.1, 0.15) is 0 Å². The normalized spacial score (nSPS) is 15.1. The predicted molar refractivity (Wildman–Crippen MR) is 61.5 cm³/mol. The molecule has 0 aromatic heterocycles. The van der Waals surface area contributed by atoms with Gasteiger partial charge in [0.25, 0.3) is 5.69 Å². The van der Waals surface area contributed by atoms with Crippen LogP contribution in [-0.2, 0) is 0 Å². The molecule has 1 aromatic rings. The highest BCUT2D eigenvalue weighted by Crippen LogP contribution is 2.30. The van der Waals surface area contributed by atoms with Crippen LogP contribution >= 0.6 is 15.9 Å². The molecule has 0 saturated carbocycles. The number of nitro benzene ring substituents is 1. The Kier molecular flexibility index (Phi) is 2.78. The SMILES string of the molecule is O=C1NCCN1c1ccc(Br)c([N+](=O)[O-])c1. The van der Waals surface area contributed by atoms with Crippen LogP contribution in [-0.4, -0.2) is 24.0 Å². The zero-order chi connectivity index (χ0) is 11.7. The Morgan fingerprint density at radius 1 is 1.50 bits per heavy atom. The van der Waals surface area contributed by atoms with Crippen molar-refractivity contribution in [2.24, 2.45) is 0 Å². The molecule has 16 heavy (non-hydrogen) atoms. The first-order valence-corrected chi connectivity index (χ1v) is 5.38. The number of carbonyl (C=O) groups excluding carboxylic acids is 1. The van der Waals surface area contributed by atoms with E-state index in [9.17, 15) is 14.9 Å². The van der Waals surface area contributed by atoms with Crippen molar-refractivity contribution in [3.05, 3.63) is 32.8 Å². The number of nitrogens with one attached hydrogen (secondary N) is 1. The molecular formula is C9H8BrN3O3. The number of hydrogen-bond acceptors (Lipinski definition) is 3. The standard InChI is InChI=1S/C9H8BrN3O3/c10-7-2-1-6(5-8(7)13(15)16)12-4-3-11-9(12)14/h1-2,5H,3-4H2,(H,11,14). The smallest absolute Gasteiger partial charge is 0.322 e. The van der Waals surface area contributed by atoms with Gasteiger partial charge in [0, 0.05) is 19.2 Å². The zero-order valence-electron chi connectivity index (χ0n) is 8.14. The van der Waals surface area contributed by atoms with Gasteiger partial charge in [-0.05, 0) is 28.1 Å². The molecule has 0 atom stereocenters. The molecule has 2 amide bonds. The van der Waals surface area contributed by atoms with Crippen molar-refractivity contribution in [3.63, 3.8) is 0 Å². The molecule has 1 aliphatic heterocycles. The highest BCUT2D eigenvalue weighted by atomic mass is 79.9. The third kappa shape index (κ3) is 1.85. The second kappa shape index (κ2) is 4.09. The van der Waals surface area contributed by atoms with Crippen LogP contribution in [0.4, 0.5) is 16.2 Å². The summed E-state index contributed by atoms with van der Waals surface area (Å²) in [5.74, 6) is 0. The van der Waals surface area contributed by atoms with Crippen molar-refractivity contribution >= 4 is 33.3 Å². The molecule has 0 spiro atoms. The van der Waals surface area contributed by atoms with E-state index in [2.05, 4.69) is 21.2 Å². The average molecular weight is 286 g/mol. The van der Waals surface area contributed by atoms with Crippen LogP contribution < -0.4 is 10.2 Å². The third-order valence-electron chi connectivity index (χ3n) is 2.29. The lowest BCUT2D eigenvalue weighted by atomic mass is 10.2. The Morgan fingerprint density at radius 3 is 2.81 bits per heavy atom. The Labute approximate surface area is 99.5 Å². The quantitative estimate of drug-likeness (QED) is 0.666. The Bertz CT molecular complexity index is 463. The van der Waals surface area contributed by atoms with E-state index in [0.29, 0.717) is 23.2 Å². The summed E-state index contributed by atoms with van der Waals surface area (Å²) in [6.45, 7) is 1.08. The van der Waals surface area contributed by atoms with Crippen molar-refractivity contribution in [1.82, 2.24) is 5.32 Å². The molecule has 1 aliphatic rings. The number of nitrogens with zero attached hydrogens (tertiary/aromatic N) is 2. The first kappa shape index (κ1) is 10.9. The van der Waals surface area contributed by atoms with Crippen LogP contribution in [0.15, 0.2) is 22.7 Å². The largest absolute Gasteiger partial charge is 0.336 e. The summed E-state index contributed by atoms with van der Waals surface area (Å²) in [7, 11) is 0. The van der Waals surface area contributed by atoms with Gasteiger partial charge in [-0.1, -0.05) is 0 Å². The van der Waals surface area contributed by atoms with Gasteiger partial charge in [0.15, 0.2) is 0 Å². The lowest BCUT2D eigenvalue weighted by Crippen LogP contribution is -2.27. The summed E-state index contributed by atoms with van der Waals surface area (Å²) in [4.78, 5) is 23.1. The molecule has 1 aromatic carbocycles. The fraction of sp³-hybridized carbons (Fsp3) is 0.222. The number of benzene rings is 1. The van der Waals surface area contributed by atoms with E-state index in [1.54, 1.807) is 12.1 Å². The van der Waals surface area contributed by atoms with E-state index >= 15 is 0 Å². The van der Waals surface area contributed by atoms with Crippen molar-refractivity contribution in [3.8, 4) is 0 Å². The van der Waals surface area contributed by atoms with E-state index in [4.69, 9.17) is 0 Å². The van der Waals surface area contributed by atoms with Gasteiger partial charge in [-0.15, -0.1) is 0 Å². The number of amides is 2. The fourth-order valence-corrected chi connectivity index (χ4v) is 1.92. The molecule has 2 rings (SSSR count). The number of rotatable bonds is 2. The number of anilines is 1. The van der Waals surface area contributed by atoms with Crippen LogP contribution in [0.25, 0.3) is 0 Å². The minimum atomic E-state index is -0.485. The molecule has 0 radical (unpaired) electrons. The summed E-state index contributed by atoms with van der Waals surface area (Å²) in [6.07, 6.45) is 0. The van der Waals surface area contributed by atoms with Crippen molar-refractivity contribution in [2.75, 3.05) is 18.0 Å². The van der Waals surface area contributed by atoms with Gasteiger partial charge in [0.05, 0.1) is 15.1 Å². The molecule has 84 valence electrons. The number of nitro groups is 1. The highest BCUT2D eigenvalue weighted by Gasteiger charge is 2.23. The summed E-state index contributed by atoms with van der Waals surface area (Å²) in [5, 5.41) is 13.4. The van der Waals surface area contributed by atoms with Gasteiger partial charge in [-0.25, -0.2) is 4.79 Å². The summed E-state index contributed by atoms with van der Waals surface area (Å²) in [6, 6.07) is 4.40. The lowest BCUT2D eigenvalue weighted by molar-refractivity contribution is -0.385. The molecule has 1 saturated heterocycles. The second-order valence-electron chi connectivity index (χ2n) is 3.28. The summed E-state index contributed by atoms with van der Waals surface area (Å²) >= 11 is 3.09. The van der Waals surface area contributed by atoms with Crippen LogP contribution in [0.2, 0.25) is 0 Å². The minimum absolute atomic E-state index is 0.0443. The molecule has 0 bridgehead atoms. The fourth-order valence-electron chi connectivity index (χ4n) is 1.53. The first-order valence-electron chi connectivity index (χ1n) is 4.59. The van der Waals surface area contributed by atoms with Crippen LogP contribution in [0.3, 0.4) is 0 Å². The van der Waals surface area contributed by atoms with Crippen molar-refractivity contribution in [1.29, 1.82) is 0 Å². The Morgan fingerprint density at radius 2 is 2.25 bits per heavy atom. The molecule has 7 heteroatoms. The first-order chi connectivity index (χ1) is 7.59. The van der Waals surface area contributed by atoms with Gasteiger partial charge in [0.1, 0.15) is 0 Å². The minimum Gasteiger partial charge on any atom is -0.336 e. The maximum atomic E-state index is 11.4. The van der Waals surface area contributed by atoms with E-state index in [1.807, 2.05) is 0 Å². The molecule has 1 fully saturated rings. The van der Waals surface area contributed by atoms with E-state index < -0.39 is 4.92 Å². The molecule has 6 nitrogen and oxygen atoms in total. The topological polar surface area (TPSA) is 75.5 Å². The molecule has 1 heterocycles. The Hall–Kier alpha value is -1.63. The van der Waals surface area contributed by atoms with E-state index in [-0.39, 0.29) is 11.7 Å². The highest BCUT2D eigenvalue weighted by molar-refractivity contribution is 9.10. The summed E-state index contributed by atoms with van der Waals surface area (Å²) < 4.78 is 0.404. The van der Waals surface area contributed by atoms with E-state index in [0.717, 1.165) is 0 Å². The van der Waals surface area contributed by atoms with E-state index in [1.165, 1.54) is 11.0 Å². The number of carbonyl (C=O) groups is 1. The van der Waals surface area contributed by atoms with Gasteiger partial charge >= 0.3 is 6.03 Å². The second-order valence-corrected chi connectivity index (χ2v) is 4.13. The van der Waals surface area contributed by atoms with Gasteiger partial charge in [-0.2, -0.15) is 0 Å².